The second-order valence-electron chi connectivity index (χ2n) is 8.26. The Morgan fingerprint density at radius 1 is 0.568 bits per heavy atom. The van der Waals surface area contributed by atoms with Gasteiger partial charge in [-0.3, -0.25) is 15.0 Å². The molecule has 7 rings (SSSR count). The molecule has 0 aliphatic carbocycles. The number of hydrogen-bond donors (Lipinski definition) is 0. The third kappa shape index (κ3) is 5.29. The zero-order valence-electron chi connectivity index (χ0n) is 19.7. The summed E-state index contributed by atoms with van der Waals surface area (Å²) in [7, 11) is 0. The van der Waals surface area contributed by atoms with E-state index in [2.05, 4.69) is 50.3 Å². The molecule has 0 N–H and O–H groups in total. The number of hydrogen-bond acceptors (Lipinski definition) is 4. The average molecular weight is 653 g/mol. The summed E-state index contributed by atoms with van der Waals surface area (Å²) in [6.07, 6.45) is 7.35. The van der Waals surface area contributed by atoms with Crippen LogP contribution in [-0.2, 0) is 20.1 Å². The third-order valence-corrected chi connectivity index (χ3v) is 5.93. The Kier molecular flexibility index (Phi) is 7.36. The summed E-state index contributed by atoms with van der Waals surface area (Å²) in [6, 6.07) is 38.5. The molecule has 0 bridgehead atoms. The Hall–Kier alpha value is -4.31. The van der Waals surface area contributed by atoms with Gasteiger partial charge in [-0.15, -0.1) is 71.8 Å². The zero-order chi connectivity index (χ0) is 24.2. The van der Waals surface area contributed by atoms with Crippen molar-refractivity contribution in [1.82, 2.24) is 19.9 Å². The first kappa shape index (κ1) is 24.4. The molecular weight excluding hydrogens is 633 g/mol. The van der Waals surface area contributed by atoms with Crippen LogP contribution in [0.4, 0.5) is 0 Å². The first-order valence-electron chi connectivity index (χ1n) is 11.6. The maximum absolute atomic E-state index is 4.63. The van der Waals surface area contributed by atoms with Crippen LogP contribution in [0.15, 0.2) is 122 Å². The Bertz CT molecular complexity index is 1780. The van der Waals surface area contributed by atoms with Gasteiger partial charge in [0.15, 0.2) is 0 Å². The molecule has 179 valence electrons. The zero-order valence-corrected chi connectivity index (χ0v) is 22.1. The van der Waals surface area contributed by atoms with Crippen LogP contribution in [0.2, 0.25) is 0 Å². The maximum atomic E-state index is 4.63. The van der Waals surface area contributed by atoms with Crippen molar-refractivity contribution in [2.24, 2.45) is 0 Å². The molecule has 0 saturated heterocycles. The summed E-state index contributed by atoms with van der Waals surface area (Å²) in [5, 5.41) is 5.65. The molecule has 0 aliphatic rings. The fourth-order valence-electron chi connectivity index (χ4n) is 4.15. The normalized spacial score (nSPS) is 10.5. The number of aromatic nitrogens is 4. The molecule has 1 radical (unpaired) electrons. The van der Waals surface area contributed by atoms with Crippen molar-refractivity contribution >= 4 is 32.4 Å². The Morgan fingerprint density at radius 2 is 1.32 bits per heavy atom. The fraction of sp³-hybridized carbons (Fsp3) is 0. The van der Waals surface area contributed by atoms with Crippen molar-refractivity contribution in [1.29, 1.82) is 0 Å². The van der Waals surface area contributed by atoms with E-state index in [1.807, 2.05) is 97.5 Å². The van der Waals surface area contributed by atoms with Crippen molar-refractivity contribution in [3.05, 3.63) is 134 Å². The van der Waals surface area contributed by atoms with E-state index in [0.29, 0.717) is 5.82 Å². The molecule has 0 atom stereocenters. The summed E-state index contributed by atoms with van der Waals surface area (Å²) in [5.74, 6) is 0.696. The largest absolute Gasteiger partial charge is 0.304 e. The molecule has 7 aromatic rings. The number of rotatable bonds is 2. The molecule has 0 aliphatic heterocycles. The summed E-state index contributed by atoms with van der Waals surface area (Å²) >= 11 is 0. The molecule has 4 nitrogen and oxygen atoms in total. The number of fused-ring (bicyclic) bond motifs is 3. The third-order valence-electron chi connectivity index (χ3n) is 5.93. The van der Waals surface area contributed by atoms with Gasteiger partial charge in [-0.1, -0.05) is 24.3 Å². The Labute approximate surface area is 228 Å². The molecule has 0 unspecified atom stereocenters. The van der Waals surface area contributed by atoms with Gasteiger partial charge in [0.2, 0.25) is 0 Å². The molecule has 3 heterocycles. The van der Waals surface area contributed by atoms with Crippen molar-refractivity contribution in [2.45, 2.75) is 0 Å². The van der Waals surface area contributed by atoms with Crippen LogP contribution >= 0.6 is 0 Å². The predicted molar refractivity (Wildman–Crippen MR) is 145 cm³/mol. The molecule has 5 heteroatoms. The summed E-state index contributed by atoms with van der Waals surface area (Å²) < 4.78 is 0. The van der Waals surface area contributed by atoms with Crippen molar-refractivity contribution in [2.75, 3.05) is 0 Å². The van der Waals surface area contributed by atoms with E-state index in [4.69, 9.17) is 0 Å². The second kappa shape index (κ2) is 11.2. The topological polar surface area (TPSA) is 51.6 Å². The van der Waals surface area contributed by atoms with Gasteiger partial charge in [-0.05, 0) is 46.1 Å². The maximum Gasteiger partial charge on any atom is 0.0755 e. The minimum atomic E-state index is 0. The predicted octanol–water partition coefficient (Wildman–Crippen LogP) is 7.34. The van der Waals surface area contributed by atoms with Gasteiger partial charge in [-0.25, -0.2) is 0 Å². The average Bonchev–Trinajstić information content (AvgIpc) is 2.97. The van der Waals surface area contributed by atoms with Gasteiger partial charge in [0.25, 0.3) is 0 Å². The van der Waals surface area contributed by atoms with Gasteiger partial charge in [0, 0.05) is 55.7 Å². The molecule has 37 heavy (non-hydrogen) atoms. The minimum Gasteiger partial charge on any atom is -0.304 e. The molecular formula is C32H20IrN4-2. The molecule has 0 amide bonds. The molecule has 3 aromatic heterocycles. The van der Waals surface area contributed by atoms with Crippen LogP contribution in [0.25, 0.3) is 55.1 Å². The van der Waals surface area contributed by atoms with E-state index in [-0.39, 0.29) is 20.1 Å². The van der Waals surface area contributed by atoms with Crippen LogP contribution in [0.5, 0.6) is 0 Å². The minimum absolute atomic E-state index is 0. The fourth-order valence-corrected chi connectivity index (χ4v) is 4.15. The van der Waals surface area contributed by atoms with Gasteiger partial charge >= 0.3 is 0 Å². The van der Waals surface area contributed by atoms with E-state index < -0.39 is 0 Å². The smallest absolute Gasteiger partial charge is 0.0755 e. The van der Waals surface area contributed by atoms with Crippen LogP contribution < -0.4 is 0 Å². The summed E-state index contributed by atoms with van der Waals surface area (Å²) in [6.45, 7) is 0. The second-order valence-corrected chi connectivity index (χ2v) is 8.26. The standard InChI is InChI=1S/C17H10N3.C15H10N.Ir/c1-2-4-12(5-3-1)17-19-11-15-8-13-6-7-18-10-14(13)9-16(15)20-17;1-2-7-13(8-3-1)15-14-9-5-4-6-12(14)10-11-16-15;/h1-4,6-11H;1-7,9-11H;/q2*-1;. The molecule has 0 fully saturated rings. The number of nitrogens with zero attached hydrogens (tertiary/aromatic N) is 4. The van der Waals surface area contributed by atoms with Gasteiger partial charge in [0.05, 0.1) is 11.3 Å². The van der Waals surface area contributed by atoms with E-state index in [1.165, 1.54) is 10.8 Å². The summed E-state index contributed by atoms with van der Waals surface area (Å²) in [5.41, 5.74) is 3.87. The van der Waals surface area contributed by atoms with E-state index in [0.717, 1.165) is 38.5 Å². The van der Waals surface area contributed by atoms with E-state index >= 15 is 0 Å². The SMILES string of the molecule is [Ir].[c-]1ccccc1-c1ncc2cc3ccncc3cc2n1.[c-]1ccccc1-c1nccc2ccccc12. The van der Waals surface area contributed by atoms with Gasteiger partial charge in [-0.2, -0.15) is 0 Å². The first-order valence-corrected chi connectivity index (χ1v) is 11.6. The number of pyridine rings is 2. The molecule has 0 saturated carbocycles. The first-order chi connectivity index (χ1) is 17.8. The molecule has 4 aromatic carbocycles. The molecule has 0 spiro atoms. The van der Waals surface area contributed by atoms with Crippen LogP contribution in [-0.4, -0.2) is 19.9 Å². The van der Waals surface area contributed by atoms with Crippen LogP contribution in [0.1, 0.15) is 0 Å². The monoisotopic (exact) mass is 653 g/mol. The quantitative estimate of drug-likeness (QED) is 0.145. The van der Waals surface area contributed by atoms with Crippen molar-refractivity contribution < 1.29 is 20.1 Å². The van der Waals surface area contributed by atoms with Crippen molar-refractivity contribution in [3.8, 4) is 22.6 Å². The van der Waals surface area contributed by atoms with Crippen LogP contribution in [0.3, 0.4) is 0 Å². The van der Waals surface area contributed by atoms with Crippen LogP contribution in [0, 0.1) is 12.1 Å². The summed E-state index contributed by atoms with van der Waals surface area (Å²) in [4.78, 5) is 17.6. The van der Waals surface area contributed by atoms with Gasteiger partial charge in [0.1, 0.15) is 0 Å². The Balaban J connectivity index is 0.000000151. The van der Waals surface area contributed by atoms with Gasteiger partial charge < -0.3 is 4.98 Å². The Morgan fingerprint density at radius 3 is 2.14 bits per heavy atom. The van der Waals surface area contributed by atoms with E-state index in [9.17, 15) is 0 Å². The van der Waals surface area contributed by atoms with Crippen molar-refractivity contribution in [3.63, 3.8) is 0 Å². The van der Waals surface area contributed by atoms with E-state index in [1.54, 1.807) is 6.20 Å². The number of benzene rings is 4.